The van der Waals surface area contributed by atoms with E-state index in [0.717, 1.165) is 11.1 Å². The summed E-state index contributed by atoms with van der Waals surface area (Å²) >= 11 is 6.02. The topological polar surface area (TPSA) is 141 Å². The van der Waals surface area contributed by atoms with Crippen molar-refractivity contribution in [1.82, 2.24) is 10.9 Å². The van der Waals surface area contributed by atoms with Crippen LogP contribution in [0.15, 0.2) is 113 Å². The smallest absolute Gasteiger partial charge is 0.266 e. The normalized spacial score (nSPS) is 17.2. The summed E-state index contributed by atoms with van der Waals surface area (Å²) in [5.74, 6) is 0.504. The molecule has 0 unspecified atom stereocenters. The maximum absolute atomic E-state index is 14.3. The number of azide groups is 1. The van der Waals surface area contributed by atoms with Crippen molar-refractivity contribution < 1.29 is 19.4 Å². The maximum Gasteiger partial charge on any atom is 0.266 e. The van der Waals surface area contributed by atoms with E-state index in [1.54, 1.807) is 36.4 Å². The van der Waals surface area contributed by atoms with E-state index < -0.39 is 17.6 Å². The molecule has 1 amide bonds. The van der Waals surface area contributed by atoms with E-state index in [-0.39, 0.29) is 18.9 Å². The Morgan fingerprint density at radius 3 is 2.48 bits per heavy atom. The highest BCUT2D eigenvalue weighted by Crippen LogP contribution is 2.43. The Labute approximate surface area is 259 Å². The van der Waals surface area contributed by atoms with E-state index in [4.69, 9.17) is 31.2 Å². The summed E-state index contributed by atoms with van der Waals surface area (Å²) in [4.78, 5) is 22.3. The predicted molar refractivity (Wildman–Crippen MR) is 169 cm³/mol. The van der Waals surface area contributed by atoms with E-state index >= 15 is 0 Å². The van der Waals surface area contributed by atoms with Gasteiger partial charge in [-0.1, -0.05) is 83.4 Å². The van der Waals surface area contributed by atoms with Crippen LogP contribution in [0.2, 0.25) is 5.02 Å². The van der Waals surface area contributed by atoms with Crippen molar-refractivity contribution in [1.29, 1.82) is 0 Å². The summed E-state index contributed by atoms with van der Waals surface area (Å²) in [6.07, 6.45) is -0.199. The number of ether oxygens (including phenoxy) is 2. The maximum atomic E-state index is 14.3. The van der Waals surface area contributed by atoms with Gasteiger partial charge in [-0.15, -0.1) is 0 Å². The summed E-state index contributed by atoms with van der Waals surface area (Å²) < 4.78 is 12.2. The minimum absolute atomic E-state index is 0.0467. The second-order valence-corrected chi connectivity index (χ2v) is 10.6. The third-order valence-corrected chi connectivity index (χ3v) is 7.40. The van der Waals surface area contributed by atoms with Gasteiger partial charge in [0.25, 0.3) is 5.91 Å². The van der Waals surface area contributed by atoms with Crippen LogP contribution in [0.1, 0.15) is 34.8 Å². The van der Waals surface area contributed by atoms with Crippen molar-refractivity contribution in [3.8, 4) is 5.75 Å². The third-order valence-electron chi connectivity index (χ3n) is 7.14. The number of carbonyl (C=O) groups excluding carboxylic acids is 1. The Bertz CT molecular complexity index is 1640. The minimum atomic E-state index is -1.49. The Hall–Kier alpha value is -4.86. The van der Waals surface area contributed by atoms with Crippen LogP contribution in [-0.4, -0.2) is 35.7 Å². The van der Waals surface area contributed by atoms with Crippen molar-refractivity contribution in [2.75, 3.05) is 13.2 Å². The van der Waals surface area contributed by atoms with Crippen molar-refractivity contribution in [3.05, 3.63) is 141 Å². The number of aliphatic hydroxyl groups is 1. The number of hydrogen-bond acceptors (Lipinski definition) is 7. The monoisotopic (exact) mass is 610 g/mol. The largest absolute Gasteiger partial charge is 0.494 e. The minimum Gasteiger partial charge on any atom is -0.494 e. The van der Waals surface area contributed by atoms with E-state index in [2.05, 4.69) is 20.9 Å². The van der Waals surface area contributed by atoms with Gasteiger partial charge in [0.15, 0.2) is 11.6 Å². The highest BCUT2D eigenvalue weighted by molar-refractivity contribution is 6.30. The SMILES string of the molecule is [N-]=[N+]=Nc1ccccc1C[C@]1(C(=O)NNCc2ccc(Cl)cc2)N=C(c2ccc(OCCCO)cc2)O[C@H]1c1ccccc1. The van der Waals surface area contributed by atoms with Gasteiger partial charge in [-0.05, 0) is 58.6 Å². The molecule has 10 nitrogen and oxygen atoms in total. The predicted octanol–water partition coefficient (Wildman–Crippen LogP) is 6.36. The zero-order chi connectivity index (χ0) is 30.8. The quantitative estimate of drug-likeness (QED) is 0.0531. The van der Waals surface area contributed by atoms with Gasteiger partial charge in [-0.25, -0.2) is 10.4 Å². The molecule has 2 atom stereocenters. The first-order valence-electron chi connectivity index (χ1n) is 14.1. The molecule has 0 bridgehead atoms. The molecule has 11 heteroatoms. The fourth-order valence-electron chi connectivity index (χ4n) is 4.94. The van der Waals surface area contributed by atoms with Crippen LogP contribution < -0.4 is 15.6 Å². The number of hydrogen-bond donors (Lipinski definition) is 3. The number of carbonyl (C=O) groups is 1. The molecule has 0 aliphatic carbocycles. The lowest BCUT2D eigenvalue weighted by Crippen LogP contribution is -2.53. The van der Waals surface area contributed by atoms with Gasteiger partial charge < -0.3 is 14.6 Å². The molecule has 0 radical (unpaired) electrons. The molecule has 1 heterocycles. The number of amides is 1. The molecule has 0 fully saturated rings. The van der Waals surface area contributed by atoms with E-state index in [9.17, 15) is 10.3 Å². The second kappa shape index (κ2) is 14.5. The standard InChI is InChI=1S/C33H31ClN6O4/c34-27-15-11-23(12-16-27)22-36-39-32(42)33(21-26-9-4-5-10-29(26)38-40-35)30(24-7-2-1-3-8-24)44-31(37-33)25-13-17-28(18-14-25)43-20-6-19-41/h1-5,7-18,30,36,41H,6,19-22H2,(H,39,42)/t30-,33-/m0/s1. The summed E-state index contributed by atoms with van der Waals surface area (Å²) in [6, 6.07) is 31.1. The molecule has 4 aromatic rings. The molecule has 0 aromatic heterocycles. The Morgan fingerprint density at radius 2 is 1.75 bits per heavy atom. The molecule has 4 aromatic carbocycles. The molecule has 0 saturated heterocycles. The molecular formula is C33H31ClN6O4. The Kier molecular flexibility index (Phi) is 10.1. The van der Waals surface area contributed by atoms with Crippen LogP contribution in [-0.2, 0) is 22.5 Å². The molecule has 1 aliphatic heterocycles. The molecule has 0 saturated carbocycles. The Morgan fingerprint density at radius 1 is 1.02 bits per heavy atom. The fourth-order valence-corrected chi connectivity index (χ4v) is 5.07. The Balaban J connectivity index is 1.53. The van der Waals surface area contributed by atoms with Crippen LogP contribution in [0.3, 0.4) is 0 Å². The van der Waals surface area contributed by atoms with Gasteiger partial charge in [-0.2, -0.15) is 0 Å². The molecule has 0 spiro atoms. The van der Waals surface area contributed by atoms with Gasteiger partial charge in [0.05, 0.1) is 6.61 Å². The summed E-state index contributed by atoms with van der Waals surface area (Å²) in [6.45, 7) is 0.783. The highest BCUT2D eigenvalue weighted by atomic mass is 35.5. The number of hydrazine groups is 1. The lowest BCUT2D eigenvalue weighted by Gasteiger charge is -2.31. The first-order chi connectivity index (χ1) is 21.5. The van der Waals surface area contributed by atoms with Crippen LogP contribution in [0.4, 0.5) is 5.69 Å². The van der Waals surface area contributed by atoms with Crippen molar-refractivity contribution in [2.24, 2.45) is 10.1 Å². The van der Waals surface area contributed by atoms with Crippen LogP contribution in [0, 0.1) is 0 Å². The van der Waals surface area contributed by atoms with Gasteiger partial charge in [0, 0.05) is 47.2 Å². The average Bonchev–Trinajstić information content (AvgIpc) is 3.44. The zero-order valence-corrected chi connectivity index (χ0v) is 24.5. The molecule has 1 aliphatic rings. The summed E-state index contributed by atoms with van der Waals surface area (Å²) in [5.41, 5.74) is 17.0. The lowest BCUT2D eigenvalue weighted by atomic mass is 9.81. The van der Waals surface area contributed by atoms with Crippen LogP contribution in [0.25, 0.3) is 10.4 Å². The zero-order valence-electron chi connectivity index (χ0n) is 23.8. The fraction of sp³-hybridized carbons (Fsp3) is 0.212. The van der Waals surface area contributed by atoms with Crippen LogP contribution >= 0.6 is 11.6 Å². The number of halogens is 1. The van der Waals surface area contributed by atoms with Crippen molar-refractivity contribution in [3.63, 3.8) is 0 Å². The highest BCUT2D eigenvalue weighted by Gasteiger charge is 2.53. The molecular weight excluding hydrogens is 580 g/mol. The molecule has 44 heavy (non-hydrogen) atoms. The molecule has 5 rings (SSSR count). The van der Waals surface area contributed by atoms with E-state index in [1.807, 2.05) is 66.7 Å². The number of benzene rings is 4. The van der Waals surface area contributed by atoms with Gasteiger partial charge in [0.1, 0.15) is 5.75 Å². The van der Waals surface area contributed by atoms with E-state index in [1.165, 1.54) is 0 Å². The van der Waals surface area contributed by atoms with Crippen LogP contribution in [0.5, 0.6) is 5.75 Å². The summed E-state index contributed by atoms with van der Waals surface area (Å²) in [5, 5.41) is 13.5. The van der Waals surface area contributed by atoms with Gasteiger partial charge in [0.2, 0.25) is 5.90 Å². The lowest BCUT2D eigenvalue weighted by molar-refractivity contribution is -0.130. The molecule has 224 valence electrons. The second-order valence-electron chi connectivity index (χ2n) is 10.1. The number of nitrogens with zero attached hydrogens (tertiary/aromatic N) is 4. The van der Waals surface area contributed by atoms with Gasteiger partial charge in [-0.3, -0.25) is 10.2 Å². The first-order valence-corrected chi connectivity index (χ1v) is 14.5. The first kappa shape index (κ1) is 30.6. The number of nitrogens with one attached hydrogen (secondary N) is 2. The van der Waals surface area contributed by atoms with Gasteiger partial charge >= 0.3 is 0 Å². The summed E-state index contributed by atoms with van der Waals surface area (Å²) in [7, 11) is 0. The molecule has 3 N–H and O–H groups in total. The van der Waals surface area contributed by atoms with E-state index in [0.29, 0.717) is 47.2 Å². The third kappa shape index (κ3) is 7.19. The number of aliphatic hydroxyl groups excluding tert-OH is 1. The van der Waals surface area contributed by atoms with Crippen molar-refractivity contribution in [2.45, 2.75) is 31.0 Å². The average molecular weight is 611 g/mol. The number of rotatable bonds is 13. The van der Waals surface area contributed by atoms with Crippen molar-refractivity contribution >= 4 is 29.1 Å². The number of aliphatic imine (C=N–C) groups is 1.